The summed E-state index contributed by atoms with van der Waals surface area (Å²) in [5, 5.41) is 6.98. The summed E-state index contributed by atoms with van der Waals surface area (Å²) in [7, 11) is 0. The zero-order chi connectivity index (χ0) is 17.1. The van der Waals surface area contributed by atoms with Gasteiger partial charge in [0.15, 0.2) is 0 Å². The highest BCUT2D eigenvalue weighted by molar-refractivity contribution is 6.36. The van der Waals surface area contributed by atoms with Crippen LogP contribution >= 0.6 is 23.2 Å². The van der Waals surface area contributed by atoms with Crippen LogP contribution in [0.5, 0.6) is 5.75 Å². The van der Waals surface area contributed by atoms with Crippen LogP contribution in [-0.4, -0.2) is 6.10 Å². The van der Waals surface area contributed by atoms with Crippen LogP contribution in [0.25, 0.3) is 10.8 Å². The van der Waals surface area contributed by atoms with Gasteiger partial charge >= 0.3 is 0 Å². The molecule has 0 heterocycles. The molecule has 0 aliphatic carbocycles. The number of halogens is 2. The minimum atomic E-state index is 0.115. The molecule has 2 nitrogen and oxygen atoms in total. The van der Waals surface area contributed by atoms with Crippen LogP contribution in [0, 0.1) is 0 Å². The first-order chi connectivity index (χ1) is 11.5. The molecule has 3 aromatic carbocycles. The highest BCUT2D eigenvalue weighted by Crippen LogP contribution is 2.31. The molecule has 0 saturated heterocycles. The van der Waals surface area contributed by atoms with Crippen molar-refractivity contribution in [2.75, 3.05) is 5.32 Å². The molecule has 0 aromatic heterocycles. The third-order valence-corrected chi connectivity index (χ3v) is 4.29. The predicted octanol–water partition coefficient (Wildman–Crippen LogP) is 6.55. The molecule has 0 fully saturated rings. The van der Waals surface area contributed by atoms with E-state index >= 15 is 0 Å². The summed E-state index contributed by atoms with van der Waals surface area (Å²) in [6.07, 6.45) is 0.115. The Balaban J connectivity index is 1.96. The van der Waals surface area contributed by atoms with E-state index in [1.807, 2.05) is 44.2 Å². The first-order valence-electron chi connectivity index (χ1n) is 7.91. The Kier molecular flexibility index (Phi) is 5.17. The van der Waals surface area contributed by atoms with Crippen LogP contribution in [0.15, 0.2) is 54.6 Å². The molecule has 0 aliphatic heterocycles. The molecule has 0 spiro atoms. The summed E-state index contributed by atoms with van der Waals surface area (Å²) in [5.41, 5.74) is 1.97. The largest absolute Gasteiger partial charge is 0.491 e. The van der Waals surface area contributed by atoms with E-state index in [1.54, 1.807) is 6.07 Å². The van der Waals surface area contributed by atoms with E-state index in [2.05, 4.69) is 23.5 Å². The van der Waals surface area contributed by atoms with Gasteiger partial charge in [-0.3, -0.25) is 0 Å². The normalized spacial score (nSPS) is 11.0. The van der Waals surface area contributed by atoms with Gasteiger partial charge in [0.05, 0.1) is 16.8 Å². The number of hydrogen-bond donors (Lipinski definition) is 1. The first kappa shape index (κ1) is 16.9. The summed E-state index contributed by atoms with van der Waals surface area (Å²) in [5.74, 6) is 0.890. The van der Waals surface area contributed by atoms with Gasteiger partial charge in [-0.05, 0) is 48.9 Å². The Labute approximate surface area is 152 Å². The molecule has 0 saturated carbocycles. The second-order valence-corrected chi connectivity index (χ2v) is 6.75. The Bertz CT molecular complexity index is 861. The monoisotopic (exact) mass is 359 g/mol. The van der Waals surface area contributed by atoms with Crippen molar-refractivity contribution in [1.29, 1.82) is 0 Å². The maximum absolute atomic E-state index is 6.26. The van der Waals surface area contributed by atoms with Crippen molar-refractivity contribution in [2.45, 2.75) is 26.5 Å². The van der Waals surface area contributed by atoms with Gasteiger partial charge in [0.2, 0.25) is 0 Å². The maximum Gasteiger partial charge on any atom is 0.125 e. The lowest BCUT2D eigenvalue weighted by atomic mass is 10.0. The number of rotatable bonds is 5. The molecule has 0 radical (unpaired) electrons. The SMILES string of the molecule is CC(C)Oc1ccc2ccccc2c1CNc1ccc(Cl)cc1Cl. The molecule has 0 atom stereocenters. The molecular weight excluding hydrogens is 341 g/mol. The van der Waals surface area contributed by atoms with Crippen molar-refractivity contribution >= 4 is 39.7 Å². The van der Waals surface area contributed by atoms with Crippen LogP contribution < -0.4 is 10.1 Å². The van der Waals surface area contributed by atoms with Crippen molar-refractivity contribution < 1.29 is 4.74 Å². The van der Waals surface area contributed by atoms with Gasteiger partial charge in [0.25, 0.3) is 0 Å². The van der Waals surface area contributed by atoms with Crippen LogP contribution in [0.2, 0.25) is 10.0 Å². The molecule has 24 heavy (non-hydrogen) atoms. The van der Waals surface area contributed by atoms with Crippen molar-refractivity contribution in [3.05, 3.63) is 70.2 Å². The van der Waals surface area contributed by atoms with Gasteiger partial charge in [-0.2, -0.15) is 0 Å². The summed E-state index contributed by atoms with van der Waals surface area (Å²) in [6.45, 7) is 4.68. The van der Waals surface area contributed by atoms with E-state index in [-0.39, 0.29) is 6.10 Å². The molecule has 0 aliphatic rings. The molecule has 0 bridgehead atoms. The number of hydrogen-bond acceptors (Lipinski definition) is 2. The van der Waals surface area contributed by atoms with Crippen LogP contribution in [0.3, 0.4) is 0 Å². The van der Waals surface area contributed by atoms with Crippen molar-refractivity contribution in [3.8, 4) is 5.75 Å². The lowest BCUT2D eigenvalue weighted by Gasteiger charge is -2.18. The lowest BCUT2D eigenvalue weighted by Crippen LogP contribution is -2.10. The number of benzene rings is 3. The highest BCUT2D eigenvalue weighted by Gasteiger charge is 2.11. The van der Waals surface area contributed by atoms with Gasteiger partial charge in [-0.15, -0.1) is 0 Å². The van der Waals surface area contributed by atoms with Gasteiger partial charge in [0, 0.05) is 17.1 Å². The van der Waals surface area contributed by atoms with Crippen LogP contribution in [-0.2, 0) is 6.54 Å². The molecule has 124 valence electrons. The second kappa shape index (κ2) is 7.33. The average molecular weight is 360 g/mol. The molecular formula is C20H19Cl2NO. The zero-order valence-electron chi connectivity index (χ0n) is 13.6. The minimum absolute atomic E-state index is 0.115. The van der Waals surface area contributed by atoms with Crippen molar-refractivity contribution in [1.82, 2.24) is 0 Å². The third kappa shape index (κ3) is 3.77. The summed E-state index contributed by atoms with van der Waals surface area (Å²) in [4.78, 5) is 0. The third-order valence-electron chi connectivity index (χ3n) is 3.75. The molecule has 0 unspecified atom stereocenters. The van der Waals surface area contributed by atoms with E-state index in [1.165, 1.54) is 10.8 Å². The quantitative estimate of drug-likeness (QED) is 0.557. The Morgan fingerprint density at radius 3 is 2.54 bits per heavy atom. The smallest absolute Gasteiger partial charge is 0.125 e. The topological polar surface area (TPSA) is 21.3 Å². The van der Waals surface area contributed by atoms with E-state index in [4.69, 9.17) is 27.9 Å². The molecule has 4 heteroatoms. The zero-order valence-corrected chi connectivity index (χ0v) is 15.2. The van der Waals surface area contributed by atoms with Crippen molar-refractivity contribution in [2.24, 2.45) is 0 Å². The van der Waals surface area contributed by atoms with Crippen LogP contribution in [0.1, 0.15) is 19.4 Å². The Morgan fingerprint density at radius 2 is 1.79 bits per heavy atom. The number of nitrogens with one attached hydrogen (secondary N) is 1. The number of fused-ring (bicyclic) bond motifs is 1. The van der Waals surface area contributed by atoms with E-state index in [0.29, 0.717) is 16.6 Å². The van der Waals surface area contributed by atoms with Gasteiger partial charge in [0.1, 0.15) is 5.75 Å². The summed E-state index contributed by atoms with van der Waals surface area (Å²) in [6, 6.07) is 17.9. The molecule has 0 amide bonds. The van der Waals surface area contributed by atoms with Gasteiger partial charge in [-0.25, -0.2) is 0 Å². The fourth-order valence-corrected chi connectivity index (χ4v) is 3.15. The van der Waals surface area contributed by atoms with Crippen LogP contribution in [0.4, 0.5) is 5.69 Å². The standard InChI is InChI=1S/C20H19Cl2NO/c1-13(2)24-20-10-7-14-5-3-4-6-16(14)17(20)12-23-19-9-8-15(21)11-18(19)22/h3-11,13,23H,12H2,1-2H3. The first-order valence-corrected chi connectivity index (χ1v) is 8.66. The maximum atomic E-state index is 6.26. The summed E-state index contributed by atoms with van der Waals surface area (Å²) >= 11 is 12.2. The number of anilines is 1. The molecule has 1 N–H and O–H groups in total. The van der Waals surface area contributed by atoms with E-state index in [0.717, 1.165) is 17.0 Å². The Hall–Kier alpha value is -1.90. The lowest BCUT2D eigenvalue weighted by molar-refractivity contribution is 0.240. The average Bonchev–Trinajstić information content (AvgIpc) is 2.54. The second-order valence-electron chi connectivity index (χ2n) is 5.91. The fourth-order valence-electron chi connectivity index (χ4n) is 2.68. The fraction of sp³-hybridized carbons (Fsp3) is 0.200. The molecule has 3 rings (SSSR count). The minimum Gasteiger partial charge on any atom is -0.491 e. The van der Waals surface area contributed by atoms with Gasteiger partial charge in [-0.1, -0.05) is 53.5 Å². The predicted molar refractivity (Wildman–Crippen MR) is 104 cm³/mol. The molecule has 3 aromatic rings. The highest BCUT2D eigenvalue weighted by atomic mass is 35.5. The van der Waals surface area contributed by atoms with Gasteiger partial charge < -0.3 is 10.1 Å². The van der Waals surface area contributed by atoms with Crippen molar-refractivity contribution in [3.63, 3.8) is 0 Å². The Morgan fingerprint density at radius 1 is 1.00 bits per heavy atom. The number of ether oxygens (including phenoxy) is 1. The summed E-state index contributed by atoms with van der Waals surface area (Å²) < 4.78 is 6.00. The van der Waals surface area contributed by atoms with E-state index < -0.39 is 0 Å². The van der Waals surface area contributed by atoms with E-state index in [9.17, 15) is 0 Å².